The van der Waals surface area contributed by atoms with Crippen molar-refractivity contribution in [1.29, 1.82) is 0 Å². The number of Topliss-reactive ketones (excluding diaryl/α,β-unsaturated/α-hetero) is 1. The van der Waals surface area contributed by atoms with Gasteiger partial charge in [0.15, 0.2) is 0 Å². The van der Waals surface area contributed by atoms with Gasteiger partial charge >= 0.3 is 0 Å². The molecule has 1 atom stereocenters. The zero-order chi connectivity index (χ0) is 17.8. The first-order valence-electron chi connectivity index (χ1n) is 8.39. The Bertz CT molecular complexity index is 800. The minimum absolute atomic E-state index is 0.138. The monoisotopic (exact) mass is 336 g/mol. The molecule has 1 amide bonds. The third-order valence-corrected chi connectivity index (χ3v) is 4.36. The van der Waals surface area contributed by atoms with E-state index in [0.717, 1.165) is 18.4 Å². The molecule has 2 aromatic rings. The van der Waals surface area contributed by atoms with E-state index in [4.69, 9.17) is 0 Å². The van der Waals surface area contributed by atoms with Gasteiger partial charge < -0.3 is 10.0 Å². The maximum atomic E-state index is 12.7. The van der Waals surface area contributed by atoms with Gasteiger partial charge in [-0.2, -0.15) is 0 Å². The summed E-state index contributed by atoms with van der Waals surface area (Å²) in [6.45, 7) is 2.50. The number of ketones is 1. The summed E-state index contributed by atoms with van der Waals surface area (Å²) in [6.07, 6.45) is 4.94. The van der Waals surface area contributed by atoms with E-state index in [-0.39, 0.29) is 11.3 Å². The van der Waals surface area contributed by atoms with Crippen LogP contribution < -0.4 is 0 Å². The maximum absolute atomic E-state index is 12.7. The molecule has 0 bridgehead atoms. The molecule has 1 fully saturated rings. The van der Waals surface area contributed by atoms with Crippen LogP contribution in [0.15, 0.2) is 60.4 Å². The van der Waals surface area contributed by atoms with Crippen molar-refractivity contribution in [3.8, 4) is 0 Å². The highest BCUT2D eigenvalue weighted by Gasteiger charge is 2.45. The molecule has 2 heterocycles. The van der Waals surface area contributed by atoms with E-state index in [2.05, 4.69) is 4.98 Å². The number of benzene rings is 1. The van der Waals surface area contributed by atoms with Gasteiger partial charge in [-0.1, -0.05) is 43.7 Å². The first kappa shape index (κ1) is 16.9. The zero-order valence-electron chi connectivity index (χ0n) is 14.1. The topological polar surface area (TPSA) is 70.5 Å². The molecule has 1 aromatic carbocycles. The summed E-state index contributed by atoms with van der Waals surface area (Å²) in [5.41, 5.74) is 1.43. The highest BCUT2D eigenvalue weighted by molar-refractivity contribution is 6.46. The fourth-order valence-corrected chi connectivity index (χ4v) is 3.08. The Morgan fingerprint density at radius 2 is 1.80 bits per heavy atom. The number of nitrogens with zero attached hydrogens (tertiary/aromatic N) is 2. The van der Waals surface area contributed by atoms with Crippen LogP contribution in [0.5, 0.6) is 0 Å². The molecule has 1 N–H and O–H groups in total. The van der Waals surface area contributed by atoms with E-state index in [1.807, 2.05) is 13.0 Å². The zero-order valence-corrected chi connectivity index (χ0v) is 14.1. The summed E-state index contributed by atoms with van der Waals surface area (Å²) in [6, 6.07) is 11.8. The lowest BCUT2D eigenvalue weighted by Crippen LogP contribution is -2.30. The van der Waals surface area contributed by atoms with Gasteiger partial charge in [-0.3, -0.25) is 14.6 Å². The van der Waals surface area contributed by atoms with Crippen molar-refractivity contribution >= 4 is 17.4 Å². The Morgan fingerprint density at radius 1 is 1.12 bits per heavy atom. The number of aliphatic hydroxyl groups is 1. The lowest BCUT2D eigenvalue weighted by molar-refractivity contribution is -0.139. The van der Waals surface area contributed by atoms with Crippen LogP contribution in [-0.2, 0) is 9.59 Å². The summed E-state index contributed by atoms with van der Waals surface area (Å²) in [4.78, 5) is 30.8. The van der Waals surface area contributed by atoms with Gasteiger partial charge in [0.05, 0.1) is 11.6 Å². The number of carbonyl (C=O) groups excluding carboxylic acids is 2. The maximum Gasteiger partial charge on any atom is 0.295 e. The van der Waals surface area contributed by atoms with Gasteiger partial charge in [-0.25, -0.2) is 0 Å². The Kier molecular flexibility index (Phi) is 4.93. The lowest BCUT2D eigenvalue weighted by atomic mass is 9.96. The van der Waals surface area contributed by atoms with Crippen molar-refractivity contribution in [3.63, 3.8) is 0 Å². The number of aliphatic hydroxyl groups excluding tert-OH is 1. The standard InChI is InChI=1S/C20H20N2O3/c1-2-3-13-22-17(14-9-11-21-12-10-14)16(19(24)20(22)25)18(23)15-7-5-4-6-8-15/h4-12,17,23H,2-3,13H2,1H3/b18-16-. The fraction of sp³-hybridized carbons (Fsp3) is 0.250. The molecule has 1 unspecified atom stereocenters. The third-order valence-electron chi connectivity index (χ3n) is 4.36. The summed E-state index contributed by atoms with van der Waals surface area (Å²) >= 11 is 0. The number of rotatable bonds is 5. The van der Waals surface area contributed by atoms with Gasteiger partial charge in [0, 0.05) is 24.5 Å². The third kappa shape index (κ3) is 3.18. The summed E-state index contributed by atoms with van der Waals surface area (Å²) < 4.78 is 0. The minimum atomic E-state index is -0.640. The van der Waals surface area contributed by atoms with Crippen molar-refractivity contribution in [3.05, 3.63) is 71.6 Å². The van der Waals surface area contributed by atoms with E-state index in [9.17, 15) is 14.7 Å². The number of carbonyl (C=O) groups is 2. The van der Waals surface area contributed by atoms with Crippen LogP contribution in [0.2, 0.25) is 0 Å². The normalized spacial score (nSPS) is 19.4. The molecule has 128 valence electrons. The van der Waals surface area contributed by atoms with E-state index >= 15 is 0 Å². The summed E-state index contributed by atoms with van der Waals surface area (Å²) in [5.74, 6) is -1.34. The number of hydrogen-bond acceptors (Lipinski definition) is 4. The second-order valence-corrected chi connectivity index (χ2v) is 5.99. The molecule has 0 aliphatic carbocycles. The Labute approximate surface area is 146 Å². The molecule has 1 aliphatic heterocycles. The molecule has 25 heavy (non-hydrogen) atoms. The van der Waals surface area contributed by atoms with Gasteiger partial charge in [0.2, 0.25) is 0 Å². The highest BCUT2D eigenvalue weighted by Crippen LogP contribution is 2.39. The Morgan fingerprint density at radius 3 is 2.44 bits per heavy atom. The van der Waals surface area contributed by atoms with E-state index in [0.29, 0.717) is 12.1 Å². The molecular formula is C20H20N2O3. The molecule has 0 radical (unpaired) electrons. The summed E-state index contributed by atoms with van der Waals surface area (Å²) in [7, 11) is 0. The van der Waals surface area contributed by atoms with Gasteiger partial charge in [-0.05, 0) is 24.1 Å². The van der Waals surface area contributed by atoms with Crippen LogP contribution in [0.25, 0.3) is 5.76 Å². The first-order chi connectivity index (χ1) is 12.1. The second kappa shape index (κ2) is 7.30. The van der Waals surface area contributed by atoms with Crippen LogP contribution in [0, 0.1) is 0 Å². The second-order valence-electron chi connectivity index (χ2n) is 5.99. The average Bonchev–Trinajstić information content (AvgIpc) is 2.91. The fourth-order valence-electron chi connectivity index (χ4n) is 3.08. The van der Waals surface area contributed by atoms with Crippen molar-refractivity contribution < 1.29 is 14.7 Å². The van der Waals surface area contributed by atoms with Crippen molar-refractivity contribution in [2.45, 2.75) is 25.8 Å². The van der Waals surface area contributed by atoms with Crippen molar-refractivity contribution in [2.24, 2.45) is 0 Å². The van der Waals surface area contributed by atoms with Crippen LogP contribution in [0.1, 0.15) is 36.9 Å². The van der Waals surface area contributed by atoms with Gasteiger partial charge in [-0.15, -0.1) is 0 Å². The van der Waals surface area contributed by atoms with Crippen LogP contribution in [0.4, 0.5) is 0 Å². The number of pyridine rings is 1. The smallest absolute Gasteiger partial charge is 0.295 e. The number of aromatic nitrogens is 1. The predicted molar refractivity (Wildman–Crippen MR) is 94.6 cm³/mol. The van der Waals surface area contributed by atoms with Gasteiger partial charge in [0.25, 0.3) is 11.7 Å². The average molecular weight is 336 g/mol. The van der Waals surface area contributed by atoms with E-state index in [1.165, 1.54) is 0 Å². The number of hydrogen-bond donors (Lipinski definition) is 1. The van der Waals surface area contributed by atoms with Crippen molar-refractivity contribution in [2.75, 3.05) is 6.54 Å². The molecule has 3 rings (SSSR count). The predicted octanol–water partition coefficient (Wildman–Crippen LogP) is 3.30. The number of likely N-dealkylation sites (tertiary alicyclic amines) is 1. The minimum Gasteiger partial charge on any atom is -0.507 e. The largest absolute Gasteiger partial charge is 0.507 e. The first-order valence-corrected chi connectivity index (χ1v) is 8.39. The summed E-state index contributed by atoms with van der Waals surface area (Å²) in [5, 5.41) is 10.7. The SMILES string of the molecule is CCCCN1C(=O)C(=O)/C(=C(\O)c2ccccc2)C1c1ccncc1. The number of unbranched alkanes of at least 4 members (excludes halogenated alkanes) is 1. The number of amides is 1. The highest BCUT2D eigenvalue weighted by atomic mass is 16.3. The van der Waals surface area contributed by atoms with E-state index in [1.54, 1.807) is 53.7 Å². The van der Waals surface area contributed by atoms with E-state index < -0.39 is 17.7 Å². The van der Waals surface area contributed by atoms with Gasteiger partial charge in [0.1, 0.15) is 5.76 Å². The van der Waals surface area contributed by atoms with Crippen LogP contribution in [-0.4, -0.2) is 33.2 Å². The lowest BCUT2D eigenvalue weighted by Gasteiger charge is -2.25. The van der Waals surface area contributed by atoms with Crippen LogP contribution >= 0.6 is 0 Å². The molecule has 1 aromatic heterocycles. The quantitative estimate of drug-likeness (QED) is 0.517. The molecule has 1 saturated heterocycles. The molecule has 5 heteroatoms. The van der Waals surface area contributed by atoms with Crippen molar-refractivity contribution in [1.82, 2.24) is 9.88 Å². The molecule has 5 nitrogen and oxygen atoms in total. The molecular weight excluding hydrogens is 316 g/mol. The molecule has 0 spiro atoms. The molecule has 0 saturated carbocycles. The molecule has 1 aliphatic rings. The Hall–Kier alpha value is -2.95. The Balaban J connectivity index is 2.14. The van der Waals surface area contributed by atoms with Crippen LogP contribution in [0.3, 0.4) is 0 Å².